The van der Waals surface area contributed by atoms with Crippen molar-refractivity contribution in [1.29, 1.82) is 0 Å². The summed E-state index contributed by atoms with van der Waals surface area (Å²) in [7, 11) is 0. The number of hydroxylamine groups is 2. The van der Waals surface area contributed by atoms with Gasteiger partial charge in [0.05, 0.1) is 6.61 Å². The SMILES string of the molecule is CCON([O-])[C@H]1O[C@@H]1C(=O)N[C@@H](CSCc1ccccc1)C(=O)NCCCc1ccccc1. The fourth-order valence-electron chi connectivity index (χ4n) is 3.23. The van der Waals surface area contributed by atoms with Gasteiger partial charge in [-0.25, -0.2) is 5.23 Å². The maximum atomic E-state index is 12.8. The van der Waals surface area contributed by atoms with Gasteiger partial charge in [-0.3, -0.25) is 9.59 Å². The second kappa shape index (κ2) is 13.3. The Balaban J connectivity index is 1.49. The number of nitrogens with one attached hydrogen (secondary N) is 2. The molecule has 1 heterocycles. The van der Waals surface area contributed by atoms with Crippen LogP contribution < -0.4 is 10.6 Å². The third-order valence-electron chi connectivity index (χ3n) is 5.00. The van der Waals surface area contributed by atoms with Crippen LogP contribution in [0.5, 0.6) is 0 Å². The Morgan fingerprint density at radius 3 is 2.45 bits per heavy atom. The number of epoxide rings is 1. The summed E-state index contributed by atoms with van der Waals surface area (Å²) in [6, 6.07) is 19.2. The lowest BCUT2D eigenvalue weighted by Gasteiger charge is -2.24. The van der Waals surface area contributed by atoms with Crippen LogP contribution in [0, 0.1) is 5.21 Å². The molecule has 0 unspecified atom stereocenters. The summed E-state index contributed by atoms with van der Waals surface area (Å²) in [5.41, 5.74) is 2.35. The maximum Gasteiger partial charge on any atom is 0.254 e. The Morgan fingerprint density at radius 2 is 1.79 bits per heavy atom. The van der Waals surface area contributed by atoms with E-state index in [1.807, 2.05) is 48.5 Å². The summed E-state index contributed by atoms with van der Waals surface area (Å²) in [5, 5.41) is 17.6. The molecule has 2 N–H and O–H groups in total. The van der Waals surface area contributed by atoms with Gasteiger partial charge >= 0.3 is 0 Å². The molecule has 0 aromatic heterocycles. The van der Waals surface area contributed by atoms with Gasteiger partial charge in [-0.15, -0.1) is 0 Å². The molecule has 3 rings (SSSR count). The number of hydrogen-bond donors (Lipinski definition) is 2. The van der Waals surface area contributed by atoms with Gasteiger partial charge in [-0.2, -0.15) is 11.8 Å². The fourth-order valence-corrected chi connectivity index (χ4v) is 4.25. The molecule has 2 amide bonds. The van der Waals surface area contributed by atoms with Crippen molar-refractivity contribution >= 4 is 23.6 Å². The quantitative estimate of drug-likeness (QED) is 0.247. The van der Waals surface area contributed by atoms with Crippen LogP contribution >= 0.6 is 11.8 Å². The first-order chi connectivity index (χ1) is 16.1. The van der Waals surface area contributed by atoms with Gasteiger partial charge in [0.15, 0.2) is 12.3 Å². The van der Waals surface area contributed by atoms with Crippen molar-refractivity contribution in [2.45, 2.75) is 43.9 Å². The first-order valence-corrected chi connectivity index (χ1v) is 12.2. The first-order valence-electron chi connectivity index (χ1n) is 11.1. The zero-order chi connectivity index (χ0) is 23.5. The Labute approximate surface area is 198 Å². The fraction of sp³-hybridized carbons (Fsp3) is 0.417. The number of rotatable bonds is 14. The molecule has 1 saturated heterocycles. The Morgan fingerprint density at radius 1 is 1.12 bits per heavy atom. The minimum Gasteiger partial charge on any atom is -0.760 e. The van der Waals surface area contributed by atoms with Crippen LogP contribution in [0.15, 0.2) is 60.7 Å². The van der Waals surface area contributed by atoms with E-state index in [-0.39, 0.29) is 17.7 Å². The second-order valence-corrected chi connectivity index (χ2v) is 8.62. The van der Waals surface area contributed by atoms with Gasteiger partial charge in [0, 0.05) is 18.1 Å². The molecule has 0 saturated carbocycles. The highest BCUT2D eigenvalue weighted by Gasteiger charge is 2.47. The average molecular weight is 473 g/mol. The summed E-state index contributed by atoms with van der Waals surface area (Å²) in [6.45, 7) is 2.36. The number of hydrogen-bond acceptors (Lipinski definition) is 7. The van der Waals surface area contributed by atoms with E-state index in [9.17, 15) is 14.8 Å². The van der Waals surface area contributed by atoms with E-state index < -0.39 is 24.3 Å². The lowest BCUT2D eigenvalue weighted by Crippen LogP contribution is -2.50. The molecule has 9 heteroatoms. The molecule has 2 aromatic rings. The molecular weight excluding hydrogens is 442 g/mol. The van der Waals surface area contributed by atoms with Crippen LogP contribution in [0.3, 0.4) is 0 Å². The molecule has 1 aliphatic heterocycles. The van der Waals surface area contributed by atoms with Crippen LogP contribution in [0.25, 0.3) is 0 Å². The van der Waals surface area contributed by atoms with E-state index in [1.165, 1.54) is 5.56 Å². The number of nitrogens with zero attached hydrogens (tertiary/aromatic N) is 1. The molecule has 1 aliphatic rings. The average Bonchev–Trinajstić information content (AvgIpc) is 3.64. The van der Waals surface area contributed by atoms with E-state index in [0.29, 0.717) is 12.3 Å². The number of benzene rings is 2. The Bertz CT molecular complexity index is 871. The highest BCUT2D eigenvalue weighted by atomic mass is 32.2. The predicted molar refractivity (Wildman–Crippen MR) is 128 cm³/mol. The van der Waals surface area contributed by atoms with Gasteiger partial charge in [-0.1, -0.05) is 60.7 Å². The topological polar surface area (TPSA) is 106 Å². The van der Waals surface area contributed by atoms with Crippen molar-refractivity contribution in [1.82, 2.24) is 15.9 Å². The normalized spacial score (nSPS) is 18.0. The summed E-state index contributed by atoms with van der Waals surface area (Å²) < 4.78 is 5.13. The highest BCUT2D eigenvalue weighted by molar-refractivity contribution is 7.98. The molecule has 178 valence electrons. The van der Waals surface area contributed by atoms with Gasteiger partial charge in [0.2, 0.25) is 5.91 Å². The van der Waals surface area contributed by atoms with E-state index >= 15 is 0 Å². The Kier molecular flexibility index (Phi) is 10.2. The molecule has 0 aliphatic carbocycles. The van der Waals surface area contributed by atoms with Gasteiger partial charge in [-0.05, 0) is 30.9 Å². The van der Waals surface area contributed by atoms with Crippen molar-refractivity contribution in [2.24, 2.45) is 0 Å². The van der Waals surface area contributed by atoms with E-state index in [2.05, 4.69) is 22.8 Å². The lowest BCUT2D eigenvalue weighted by atomic mass is 10.1. The van der Waals surface area contributed by atoms with E-state index in [1.54, 1.807) is 18.7 Å². The number of amides is 2. The largest absolute Gasteiger partial charge is 0.760 e. The van der Waals surface area contributed by atoms with Crippen molar-refractivity contribution in [2.75, 3.05) is 18.9 Å². The van der Waals surface area contributed by atoms with Crippen molar-refractivity contribution in [3.8, 4) is 0 Å². The minimum absolute atomic E-state index is 0.182. The van der Waals surface area contributed by atoms with Crippen LogP contribution in [-0.2, 0) is 31.3 Å². The number of aryl methyl sites for hydroxylation is 1. The third-order valence-corrected chi connectivity index (χ3v) is 6.11. The molecule has 0 radical (unpaired) electrons. The molecule has 0 bridgehead atoms. The summed E-state index contributed by atoms with van der Waals surface area (Å²) in [4.78, 5) is 30.2. The molecule has 0 spiro atoms. The third kappa shape index (κ3) is 8.45. The van der Waals surface area contributed by atoms with Crippen molar-refractivity contribution in [3.63, 3.8) is 0 Å². The summed E-state index contributed by atoms with van der Waals surface area (Å²) >= 11 is 1.55. The van der Waals surface area contributed by atoms with Crippen LogP contribution in [0.4, 0.5) is 0 Å². The lowest BCUT2D eigenvalue weighted by molar-refractivity contribution is -0.142. The van der Waals surface area contributed by atoms with Crippen molar-refractivity contribution in [3.05, 3.63) is 77.0 Å². The standard InChI is InChI=1S/C24H30N3O5S/c1-2-31-27(30)24-21(32-24)23(29)26-20(17-33-16-19-12-7-4-8-13-19)22(28)25-15-9-14-18-10-5-3-6-11-18/h3-8,10-13,20-21,24H,2,9,14-17H2,1H3,(H,25,28)(H,26,29)/q-1/t20-,21+,24-/m0/s1. The summed E-state index contributed by atoms with van der Waals surface area (Å²) in [6.07, 6.45) is -0.270. The van der Waals surface area contributed by atoms with Crippen LogP contribution in [-0.4, -0.2) is 54.3 Å². The highest BCUT2D eigenvalue weighted by Crippen LogP contribution is 2.26. The second-order valence-electron chi connectivity index (χ2n) is 7.59. The van der Waals surface area contributed by atoms with Crippen molar-refractivity contribution < 1.29 is 19.2 Å². The predicted octanol–water partition coefficient (Wildman–Crippen LogP) is 2.63. The number of carbonyl (C=O) groups is 2. The number of carbonyl (C=O) groups excluding carboxylic acids is 2. The molecule has 8 nitrogen and oxygen atoms in total. The van der Waals surface area contributed by atoms with E-state index in [4.69, 9.17) is 9.57 Å². The molecule has 33 heavy (non-hydrogen) atoms. The van der Waals surface area contributed by atoms with Gasteiger partial charge in [0.25, 0.3) is 5.91 Å². The number of thioether (sulfide) groups is 1. The molecule has 3 atom stereocenters. The van der Waals surface area contributed by atoms with Crippen LogP contribution in [0.1, 0.15) is 24.5 Å². The number of ether oxygens (including phenoxy) is 1. The van der Waals surface area contributed by atoms with Gasteiger partial charge < -0.3 is 25.4 Å². The molecule has 1 fully saturated rings. The summed E-state index contributed by atoms with van der Waals surface area (Å²) in [5.74, 6) is 0.369. The maximum absolute atomic E-state index is 12.8. The van der Waals surface area contributed by atoms with Gasteiger partial charge in [0.1, 0.15) is 6.04 Å². The van der Waals surface area contributed by atoms with E-state index in [0.717, 1.165) is 24.2 Å². The minimum atomic E-state index is -0.975. The smallest absolute Gasteiger partial charge is 0.254 e. The molecular formula is C24H30N3O5S-. The monoisotopic (exact) mass is 472 g/mol. The van der Waals surface area contributed by atoms with Crippen LogP contribution in [0.2, 0.25) is 0 Å². The zero-order valence-corrected chi connectivity index (χ0v) is 19.5. The zero-order valence-electron chi connectivity index (χ0n) is 18.6. The first kappa shape index (κ1) is 25.2. The molecule has 2 aromatic carbocycles. The Hall–Kier alpha value is -2.43.